The van der Waals surface area contributed by atoms with Gasteiger partial charge in [-0.25, -0.2) is 4.98 Å². The Kier molecular flexibility index (Phi) is 5.59. The number of rotatable bonds is 6. The first-order chi connectivity index (χ1) is 11.7. The smallest absolute Gasteiger partial charge is 0.236 e. The molecule has 6 heteroatoms. The Morgan fingerprint density at radius 3 is 3.04 bits per heavy atom. The van der Waals surface area contributed by atoms with Crippen molar-refractivity contribution in [3.63, 3.8) is 0 Å². The molecule has 2 aromatic heterocycles. The van der Waals surface area contributed by atoms with Gasteiger partial charge in [0.15, 0.2) is 0 Å². The Labute approximate surface area is 143 Å². The highest BCUT2D eigenvalue weighted by Gasteiger charge is 2.24. The van der Waals surface area contributed by atoms with Crippen LogP contribution in [0.1, 0.15) is 18.4 Å². The molecule has 6 nitrogen and oxygen atoms in total. The largest absolute Gasteiger partial charge is 0.341 e. The van der Waals surface area contributed by atoms with E-state index in [1.165, 1.54) is 6.42 Å². The summed E-state index contributed by atoms with van der Waals surface area (Å²) >= 11 is 0. The van der Waals surface area contributed by atoms with E-state index in [-0.39, 0.29) is 5.91 Å². The van der Waals surface area contributed by atoms with Crippen LogP contribution in [0.2, 0.25) is 0 Å². The van der Waals surface area contributed by atoms with Gasteiger partial charge in [0.25, 0.3) is 0 Å². The molecule has 1 aliphatic rings. The summed E-state index contributed by atoms with van der Waals surface area (Å²) in [6.07, 6.45) is 11.5. The number of likely N-dealkylation sites (N-methyl/N-ethyl adjacent to an activating group) is 1. The minimum Gasteiger partial charge on any atom is -0.341 e. The minimum absolute atomic E-state index is 0.219. The van der Waals surface area contributed by atoms with Crippen molar-refractivity contribution in [3.05, 3.63) is 48.8 Å². The van der Waals surface area contributed by atoms with Crippen molar-refractivity contribution in [1.82, 2.24) is 24.3 Å². The standard InChI is InChI=1S/C18H25N5O/c1-21(11-16-4-2-6-19-10-16)14-18(24)23-8-3-5-17(13-23)12-22-9-7-20-15-22/h2,4,6-7,9-10,15,17H,3,5,8,11-14H2,1H3. The number of amides is 1. The van der Waals surface area contributed by atoms with Crippen molar-refractivity contribution >= 4 is 5.91 Å². The van der Waals surface area contributed by atoms with Crippen molar-refractivity contribution in [2.24, 2.45) is 5.92 Å². The molecule has 0 N–H and O–H groups in total. The molecule has 3 heterocycles. The predicted molar refractivity (Wildman–Crippen MR) is 92.1 cm³/mol. The molecule has 1 unspecified atom stereocenters. The minimum atomic E-state index is 0.219. The van der Waals surface area contributed by atoms with E-state index in [1.807, 2.05) is 42.8 Å². The lowest BCUT2D eigenvalue weighted by molar-refractivity contribution is -0.134. The van der Waals surface area contributed by atoms with Gasteiger partial charge in [-0.2, -0.15) is 0 Å². The van der Waals surface area contributed by atoms with Crippen LogP contribution in [0.15, 0.2) is 43.2 Å². The summed E-state index contributed by atoms with van der Waals surface area (Å²) in [5.41, 5.74) is 1.13. The second kappa shape index (κ2) is 8.06. The average molecular weight is 327 g/mol. The Hall–Kier alpha value is -2.21. The van der Waals surface area contributed by atoms with E-state index < -0.39 is 0 Å². The molecule has 1 amide bonds. The number of hydrogen-bond donors (Lipinski definition) is 0. The van der Waals surface area contributed by atoms with Gasteiger partial charge in [0.05, 0.1) is 12.9 Å². The maximum atomic E-state index is 12.6. The molecule has 0 aliphatic carbocycles. The molecule has 128 valence electrons. The Balaban J connectivity index is 1.48. The van der Waals surface area contributed by atoms with Crippen molar-refractivity contribution < 1.29 is 4.79 Å². The van der Waals surface area contributed by atoms with E-state index in [1.54, 1.807) is 12.4 Å². The summed E-state index contributed by atoms with van der Waals surface area (Å²) in [4.78, 5) is 24.9. The van der Waals surface area contributed by atoms with E-state index in [0.717, 1.165) is 38.2 Å². The highest BCUT2D eigenvalue weighted by molar-refractivity contribution is 5.78. The van der Waals surface area contributed by atoms with Gasteiger partial charge in [-0.3, -0.25) is 14.7 Å². The second-order valence-corrected chi connectivity index (χ2v) is 6.64. The monoisotopic (exact) mass is 327 g/mol. The molecule has 1 saturated heterocycles. The average Bonchev–Trinajstić information content (AvgIpc) is 3.09. The van der Waals surface area contributed by atoms with Crippen LogP contribution >= 0.6 is 0 Å². The van der Waals surface area contributed by atoms with Crippen LogP contribution in [-0.2, 0) is 17.9 Å². The summed E-state index contributed by atoms with van der Waals surface area (Å²) in [7, 11) is 1.98. The van der Waals surface area contributed by atoms with Crippen LogP contribution in [0.3, 0.4) is 0 Å². The van der Waals surface area contributed by atoms with Crippen LogP contribution < -0.4 is 0 Å². The Bertz CT molecular complexity index is 628. The van der Waals surface area contributed by atoms with Gasteiger partial charge in [0.2, 0.25) is 5.91 Å². The molecule has 0 saturated carbocycles. The normalized spacial score (nSPS) is 18.1. The number of hydrogen-bond acceptors (Lipinski definition) is 4. The van der Waals surface area contributed by atoms with Crippen LogP contribution in [0, 0.1) is 5.92 Å². The van der Waals surface area contributed by atoms with Crippen LogP contribution in [0.25, 0.3) is 0 Å². The Morgan fingerprint density at radius 2 is 2.29 bits per heavy atom. The zero-order valence-electron chi connectivity index (χ0n) is 14.2. The van der Waals surface area contributed by atoms with Crippen molar-refractivity contribution in [3.8, 4) is 0 Å². The molecule has 3 rings (SSSR count). The van der Waals surface area contributed by atoms with Gasteiger partial charge in [-0.1, -0.05) is 6.07 Å². The highest BCUT2D eigenvalue weighted by atomic mass is 16.2. The van der Waals surface area contributed by atoms with Crippen molar-refractivity contribution in [1.29, 1.82) is 0 Å². The lowest BCUT2D eigenvalue weighted by Gasteiger charge is -2.34. The van der Waals surface area contributed by atoms with Crippen LogP contribution in [0.5, 0.6) is 0 Å². The molecule has 0 aromatic carbocycles. The van der Waals surface area contributed by atoms with Crippen molar-refractivity contribution in [2.45, 2.75) is 25.9 Å². The number of pyridine rings is 1. The van der Waals surface area contributed by atoms with Gasteiger partial charge in [-0.05, 0) is 37.4 Å². The fourth-order valence-corrected chi connectivity index (χ4v) is 3.32. The molecule has 1 atom stereocenters. The van der Waals surface area contributed by atoms with E-state index >= 15 is 0 Å². The number of likely N-dealkylation sites (tertiary alicyclic amines) is 1. The molecule has 1 fully saturated rings. The molecule has 1 aliphatic heterocycles. The van der Waals surface area contributed by atoms with Crippen LogP contribution in [-0.4, -0.2) is 56.9 Å². The van der Waals surface area contributed by atoms with E-state index in [0.29, 0.717) is 12.5 Å². The summed E-state index contributed by atoms with van der Waals surface area (Å²) in [5, 5.41) is 0. The molecule has 0 radical (unpaired) electrons. The third-order valence-corrected chi connectivity index (χ3v) is 4.48. The molecule has 0 spiro atoms. The first-order valence-electron chi connectivity index (χ1n) is 8.51. The first-order valence-corrected chi connectivity index (χ1v) is 8.51. The summed E-state index contributed by atoms with van der Waals surface area (Å²) < 4.78 is 2.10. The molecule has 24 heavy (non-hydrogen) atoms. The number of piperidine rings is 1. The number of aromatic nitrogens is 3. The summed E-state index contributed by atoms with van der Waals surface area (Å²) in [6, 6.07) is 3.96. The molecule has 0 bridgehead atoms. The second-order valence-electron chi connectivity index (χ2n) is 6.64. The summed E-state index contributed by atoms with van der Waals surface area (Å²) in [6.45, 7) is 3.85. The zero-order chi connectivity index (χ0) is 16.8. The fourth-order valence-electron chi connectivity index (χ4n) is 3.32. The maximum absolute atomic E-state index is 12.6. The number of nitrogens with zero attached hydrogens (tertiary/aromatic N) is 5. The van der Waals surface area contributed by atoms with Crippen LogP contribution in [0.4, 0.5) is 0 Å². The number of carbonyl (C=O) groups excluding carboxylic acids is 1. The molecular weight excluding hydrogens is 302 g/mol. The quantitative estimate of drug-likeness (QED) is 0.809. The van der Waals surface area contributed by atoms with E-state index in [2.05, 4.69) is 19.4 Å². The maximum Gasteiger partial charge on any atom is 0.236 e. The first kappa shape index (κ1) is 16.6. The fraction of sp³-hybridized carbons (Fsp3) is 0.500. The van der Waals surface area contributed by atoms with Gasteiger partial charge < -0.3 is 9.47 Å². The number of imidazole rings is 1. The number of carbonyl (C=O) groups is 1. The van der Waals surface area contributed by atoms with E-state index in [9.17, 15) is 4.79 Å². The lowest BCUT2D eigenvalue weighted by atomic mass is 9.98. The van der Waals surface area contributed by atoms with Gasteiger partial charge in [-0.15, -0.1) is 0 Å². The molecule has 2 aromatic rings. The highest BCUT2D eigenvalue weighted by Crippen LogP contribution is 2.18. The van der Waals surface area contributed by atoms with E-state index in [4.69, 9.17) is 0 Å². The lowest BCUT2D eigenvalue weighted by Crippen LogP contribution is -2.45. The Morgan fingerprint density at radius 1 is 1.38 bits per heavy atom. The predicted octanol–water partition coefficient (Wildman–Crippen LogP) is 1.65. The SMILES string of the molecule is CN(CC(=O)N1CCCC(Cn2ccnc2)C1)Cc1cccnc1. The molecular formula is C18H25N5O. The third-order valence-electron chi connectivity index (χ3n) is 4.48. The summed E-state index contributed by atoms with van der Waals surface area (Å²) in [5.74, 6) is 0.734. The zero-order valence-corrected chi connectivity index (χ0v) is 14.2. The topological polar surface area (TPSA) is 54.3 Å². The van der Waals surface area contributed by atoms with Gasteiger partial charge >= 0.3 is 0 Å². The third kappa shape index (κ3) is 4.64. The van der Waals surface area contributed by atoms with Gasteiger partial charge in [0.1, 0.15) is 0 Å². The van der Waals surface area contributed by atoms with Crippen molar-refractivity contribution in [2.75, 3.05) is 26.7 Å². The van der Waals surface area contributed by atoms with Gasteiger partial charge in [0, 0.05) is 51.0 Å².